The maximum absolute atomic E-state index is 12.4. The molecule has 2 aromatic carbocycles. The molecule has 0 unspecified atom stereocenters. The first-order chi connectivity index (χ1) is 14.6. The van der Waals surface area contributed by atoms with Gasteiger partial charge in [0.15, 0.2) is 12.4 Å². The van der Waals surface area contributed by atoms with Crippen molar-refractivity contribution in [1.82, 2.24) is 5.32 Å². The number of anilines is 1. The highest BCUT2D eigenvalue weighted by molar-refractivity contribution is 8.00. The minimum Gasteiger partial charge on any atom is -0.454 e. The molecule has 2 N–H and O–H groups in total. The lowest BCUT2D eigenvalue weighted by atomic mass is 9.91. The first-order valence-corrected chi connectivity index (χ1v) is 10.6. The van der Waals surface area contributed by atoms with Crippen molar-refractivity contribution in [2.24, 2.45) is 5.41 Å². The van der Waals surface area contributed by atoms with Crippen molar-refractivity contribution >= 4 is 41.0 Å². The second-order valence-electron chi connectivity index (χ2n) is 7.74. The number of nitrogens with one attached hydrogen (secondary N) is 2. The van der Waals surface area contributed by atoms with Crippen molar-refractivity contribution < 1.29 is 23.9 Å². The van der Waals surface area contributed by atoms with Crippen LogP contribution in [0.1, 0.15) is 41.5 Å². The van der Waals surface area contributed by atoms with E-state index in [2.05, 4.69) is 10.6 Å². The maximum Gasteiger partial charge on any atom is 0.339 e. The van der Waals surface area contributed by atoms with Crippen LogP contribution in [0.15, 0.2) is 53.4 Å². The van der Waals surface area contributed by atoms with Crippen LogP contribution in [0.25, 0.3) is 0 Å². The first-order valence-electron chi connectivity index (χ1n) is 9.66. The molecule has 164 valence electrons. The Kier molecular flexibility index (Phi) is 8.38. The monoisotopic (exact) mass is 442 g/mol. The Labute approximate surface area is 185 Å². The van der Waals surface area contributed by atoms with Crippen LogP contribution < -0.4 is 10.6 Å². The van der Waals surface area contributed by atoms with E-state index in [1.165, 1.54) is 11.8 Å². The number of hydrogen-bond donors (Lipinski definition) is 2. The van der Waals surface area contributed by atoms with Crippen molar-refractivity contribution in [3.05, 3.63) is 59.7 Å². The van der Waals surface area contributed by atoms with Gasteiger partial charge in [-0.25, -0.2) is 4.79 Å². The summed E-state index contributed by atoms with van der Waals surface area (Å²) in [7, 11) is 1.55. The van der Waals surface area contributed by atoms with E-state index in [9.17, 15) is 19.2 Å². The average molecular weight is 443 g/mol. The Hall–Kier alpha value is -3.13. The topological polar surface area (TPSA) is 102 Å². The summed E-state index contributed by atoms with van der Waals surface area (Å²) in [4.78, 5) is 48.9. The molecule has 7 nitrogen and oxygen atoms in total. The number of ether oxygens (including phenoxy) is 1. The zero-order chi connectivity index (χ0) is 23.0. The molecule has 2 amide bonds. The van der Waals surface area contributed by atoms with E-state index in [1.54, 1.807) is 76.3 Å². The number of carbonyl (C=O) groups is 4. The molecule has 0 atom stereocenters. The van der Waals surface area contributed by atoms with E-state index in [4.69, 9.17) is 4.74 Å². The van der Waals surface area contributed by atoms with Gasteiger partial charge in [0.1, 0.15) is 0 Å². The van der Waals surface area contributed by atoms with Gasteiger partial charge in [0.25, 0.3) is 5.91 Å². The standard InChI is InChI=1S/C23H26N2O5S/c1-23(2,3)19(26)13-30-22(29)17-7-5-6-8-18(17)31-14-20(27)25-16-11-9-15(10-12-16)21(28)24-4/h5-12H,13-14H2,1-4H3,(H,24,28)(H,25,27). The van der Waals surface area contributed by atoms with Crippen LogP contribution in [0, 0.1) is 5.41 Å². The van der Waals surface area contributed by atoms with Crippen molar-refractivity contribution in [3.63, 3.8) is 0 Å². The highest BCUT2D eigenvalue weighted by Crippen LogP contribution is 2.24. The van der Waals surface area contributed by atoms with Crippen molar-refractivity contribution in [3.8, 4) is 0 Å². The lowest BCUT2D eigenvalue weighted by molar-refractivity contribution is -0.129. The molecular formula is C23H26N2O5S. The van der Waals surface area contributed by atoms with Gasteiger partial charge in [0.05, 0.1) is 11.3 Å². The number of ketones is 1. The van der Waals surface area contributed by atoms with E-state index in [1.807, 2.05) is 0 Å². The zero-order valence-electron chi connectivity index (χ0n) is 18.0. The molecule has 0 aliphatic carbocycles. The molecule has 2 aromatic rings. The Bertz CT molecular complexity index is 965. The molecular weight excluding hydrogens is 416 g/mol. The number of amides is 2. The van der Waals surface area contributed by atoms with Gasteiger partial charge in [-0.15, -0.1) is 11.8 Å². The summed E-state index contributed by atoms with van der Waals surface area (Å²) >= 11 is 1.19. The van der Waals surface area contributed by atoms with Gasteiger partial charge in [0.2, 0.25) is 5.91 Å². The number of carbonyl (C=O) groups excluding carboxylic acids is 4. The maximum atomic E-state index is 12.4. The van der Waals surface area contributed by atoms with E-state index in [-0.39, 0.29) is 30.0 Å². The van der Waals surface area contributed by atoms with Gasteiger partial charge < -0.3 is 15.4 Å². The summed E-state index contributed by atoms with van der Waals surface area (Å²) in [6, 6.07) is 13.3. The Balaban J connectivity index is 1.95. The number of thioether (sulfide) groups is 1. The summed E-state index contributed by atoms with van der Waals surface area (Å²) in [5, 5.41) is 5.28. The van der Waals surface area contributed by atoms with E-state index >= 15 is 0 Å². The smallest absolute Gasteiger partial charge is 0.339 e. The summed E-state index contributed by atoms with van der Waals surface area (Å²) in [6.07, 6.45) is 0. The normalized spacial score (nSPS) is 10.8. The molecule has 0 saturated carbocycles. The number of benzene rings is 2. The quantitative estimate of drug-likeness (QED) is 0.479. The minimum absolute atomic E-state index is 0.0718. The molecule has 0 heterocycles. The first kappa shape index (κ1) is 24.1. The molecule has 0 bridgehead atoms. The van der Waals surface area contributed by atoms with Crippen molar-refractivity contribution in [1.29, 1.82) is 0 Å². The molecule has 0 fully saturated rings. The van der Waals surface area contributed by atoms with E-state index < -0.39 is 11.4 Å². The number of esters is 1. The fourth-order valence-corrected chi connectivity index (χ4v) is 3.22. The number of rotatable bonds is 8. The van der Waals surface area contributed by atoms with Gasteiger partial charge in [0, 0.05) is 28.6 Å². The fourth-order valence-electron chi connectivity index (χ4n) is 2.38. The molecule has 0 aliphatic heterocycles. The van der Waals surface area contributed by atoms with Crippen LogP contribution in [0.4, 0.5) is 5.69 Å². The molecule has 0 spiro atoms. The lowest BCUT2D eigenvalue weighted by Gasteiger charge is -2.16. The van der Waals surface area contributed by atoms with Gasteiger partial charge in [-0.05, 0) is 36.4 Å². The molecule has 8 heteroatoms. The van der Waals surface area contributed by atoms with Crippen molar-refractivity contribution in [2.75, 3.05) is 24.7 Å². The zero-order valence-corrected chi connectivity index (χ0v) is 18.8. The SMILES string of the molecule is CNC(=O)c1ccc(NC(=O)CSc2ccccc2C(=O)OCC(=O)C(C)(C)C)cc1. The molecule has 0 aromatic heterocycles. The average Bonchev–Trinajstić information content (AvgIpc) is 2.75. The van der Waals surface area contributed by atoms with Gasteiger partial charge in [-0.3, -0.25) is 14.4 Å². The number of Topliss-reactive ketones (excluding diaryl/α,β-unsaturated/α-hetero) is 1. The third-order valence-corrected chi connectivity index (χ3v) is 5.37. The molecule has 2 rings (SSSR count). The minimum atomic E-state index is -0.606. The molecule has 0 aliphatic rings. The fraction of sp³-hybridized carbons (Fsp3) is 0.304. The molecule has 31 heavy (non-hydrogen) atoms. The van der Waals surface area contributed by atoms with E-state index in [0.717, 1.165) is 0 Å². The summed E-state index contributed by atoms with van der Waals surface area (Å²) < 4.78 is 5.16. The largest absolute Gasteiger partial charge is 0.454 e. The van der Waals surface area contributed by atoms with Crippen LogP contribution in [0.3, 0.4) is 0 Å². The summed E-state index contributed by atoms with van der Waals surface area (Å²) in [5.74, 6) is -1.17. The molecule has 0 saturated heterocycles. The highest BCUT2D eigenvalue weighted by Gasteiger charge is 2.23. The van der Waals surface area contributed by atoms with E-state index in [0.29, 0.717) is 21.7 Å². The third-order valence-electron chi connectivity index (χ3n) is 4.29. The summed E-state index contributed by atoms with van der Waals surface area (Å²) in [5.41, 5.74) is 0.765. The van der Waals surface area contributed by atoms with Crippen LogP contribution in [-0.4, -0.2) is 43.0 Å². The Morgan fingerprint density at radius 3 is 2.23 bits per heavy atom. The predicted molar refractivity (Wildman–Crippen MR) is 120 cm³/mol. The Morgan fingerprint density at radius 2 is 1.61 bits per heavy atom. The Morgan fingerprint density at radius 1 is 0.968 bits per heavy atom. The van der Waals surface area contributed by atoms with Crippen molar-refractivity contribution in [2.45, 2.75) is 25.7 Å². The second kappa shape index (κ2) is 10.8. The van der Waals surface area contributed by atoms with Crippen LogP contribution in [0.2, 0.25) is 0 Å². The predicted octanol–water partition coefficient (Wildman–Crippen LogP) is 3.55. The van der Waals surface area contributed by atoms with Crippen LogP contribution >= 0.6 is 11.8 Å². The van der Waals surface area contributed by atoms with Gasteiger partial charge in [-0.1, -0.05) is 32.9 Å². The van der Waals surface area contributed by atoms with Crippen LogP contribution in [0.5, 0.6) is 0 Å². The number of hydrogen-bond acceptors (Lipinski definition) is 6. The highest BCUT2D eigenvalue weighted by atomic mass is 32.2. The lowest BCUT2D eigenvalue weighted by Crippen LogP contribution is -2.26. The third kappa shape index (κ3) is 7.25. The van der Waals surface area contributed by atoms with Crippen LogP contribution in [-0.2, 0) is 14.3 Å². The summed E-state index contributed by atoms with van der Waals surface area (Å²) in [6.45, 7) is 4.99. The second-order valence-corrected chi connectivity index (χ2v) is 8.76. The molecule has 0 radical (unpaired) electrons. The van der Waals surface area contributed by atoms with Gasteiger partial charge in [-0.2, -0.15) is 0 Å². The van der Waals surface area contributed by atoms with Gasteiger partial charge >= 0.3 is 5.97 Å².